The molecule has 3 aromatic rings. The zero-order valence-electron chi connectivity index (χ0n) is 10.4. The van der Waals surface area contributed by atoms with Crippen LogP contribution in [0.2, 0.25) is 0 Å². The second-order valence-corrected chi connectivity index (χ2v) is 4.51. The third-order valence-corrected chi connectivity index (χ3v) is 3.18. The summed E-state index contributed by atoms with van der Waals surface area (Å²) in [6, 6.07) is 10.7. The monoisotopic (exact) mass is 255 g/mol. The second-order valence-electron chi connectivity index (χ2n) is 4.51. The Morgan fingerprint density at radius 3 is 2.89 bits per heavy atom. The molecule has 96 valence electrons. The van der Waals surface area contributed by atoms with Crippen molar-refractivity contribution in [1.82, 2.24) is 9.55 Å². The SMILES string of the molecule is NCc1cc(Cn2ccc3cc(F)ccc32)ccn1. The molecule has 0 bridgehead atoms. The van der Waals surface area contributed by atoms with E-state index < -0.39 is 0 Å². The van der Waals surface area contributed by atoms with Crippen molar-refractivity contribution in [3.63, 3.8) is 0 Å². The molecule has 2 N–H and O–H groups in total. The number of halogens is 1. The minimum Gasteiger partial charge on any atom is -0.343 e. The number of aromatic nitrogens is 2. The van der Waals surface area contributed by atoms with Crippen LogP contribution in [0, 0.1) is 5.82 Å². The predicted molar refractivity (Wildman–Crippen MR) is 73.1 cm³/mol. The van der Waals surface area contributed by atoms with Gasteiger partial charge in [-0.25, -0.2) is 4.39 Å². The van der Waals surface area contributed by atoms with Crippen molar-refractivity contribution in [1.29, 1.82) is 0 Å². The Bertz CT molecular complexity index is 718. The smallest absolute Gasteiger partial charge is 0.123 e. The molecule has 0 radical (unpaired) electrons. The molecule has 0 aliphatic carbocycles. The number of hydrogen-bond donors (Lipinski definition) is 1. The number of nitrogens with two attached hydrogens (primary N) is 1. The van der Waals surface area contributed by atoms with E-state index >= 15 is 0 Å². The standard InChI is InChI=1S/C15H14FN3/c16-13-1-2-15-12(8-13)4-6-19(15)10-11-3-5-18-14(7-11)9-17/h1-8H,9-10,17H2. The lowest BCUT2D eigenvalue weighted by Crippen LogP contribution is -2.03. The third kappa shape index (κ3) is 2.35. The Labute approximate surface area is 110 Å². The minimum absolute atomic E-state index is 0.209. The van der Waals surface area contributed by atoms with Crippen molar-refractivity contribution in [2.75, 3.05) is 0 Å². The molecule has 0 aliphatic heterocycles. The molecule has 3 nitrogen and oxygen atoms in total. The first-order chi connectivity index (χ1) is 9.26. The third-order valence-electron chi connectivity index (χ3n) is 3.18. The van der Waals surface area contributed by atoms with Gasteiger partial charge in [0, 0.05) is 36.4 Å². The van der Waals surface area contributed by atoms with E-state index in [0.717, 1.165) is 28.7 Å². The summed E-state index contributed by atoms with van der Waals surface area (Å²) in [6.45, 7) is 1.16. The number of hydrogen-bond acceptors (Lipinski definition) is 2. The van der Waals surface area contributed by atoms with Gasteiger partial charge in [0.25, 0.3) is 0 Å². The molecule has 4 heteroatoms. The largest absolute Gasteiger partial charge is 0.343 e. The van der Waals surface area contributed by atoms with E-state index in [9.17, 15) is 4.39 Å². The van der Waals surface area contributed by atoms with Crippen LogP contribution in [0.25, 0.3) is 10.9 Å². The Hall–Kier alpha value is -2.20. The maximum Gasteiger partial charge on any atom is 0.123 e. The first-order valence-corrected chi connectivity index (χ1v) is 6.14. The normalized spacial score (nSPS) is 11.1. The van der Waals surface area contributed by atoms with Crippen LogP contribution in [0.3, 0.4) is 0 Å². The van der Waals surface area contributed by atoms with Gasteiger partial charge in [0.1, 0.15) is 5.82 Å². The van der Waals surface area contributed by atoms with E-state index in [1.165, 1.54) is 6.07 Å². The van der Waals surface area contributed by atoms with Crippen LogP contribution in [0.15, 0.2) is 48.8 Å². The molecule has 1 aromatic carbocycles. The Kier molecular flexibility index (Phi) is 3.01. The fourth-order valence-corrected chi connectivity index (χ4v) is 2.24. The van der Waals surface area contributed by atoms with Crippen LogP contribution >= 0.6 is 0 Å². The molecule has 0 aliphatic rings. The van der Waals surface area contributed by atoms with Gasteiger partial charge in [0.15, 0.2) is 0 Å². The fourth-order valence-electron chi connectivity index (χ4n) is 2.24. The number of benzene rings is 1. The van der Waals surface area contributed by atoms with E-state index in [4.69, 9.17) is 5.73 Å². The minimum atomic E-state index is -0.209. The summed E-state index contributed by atoms with van der Waals surface area (Å²) in [4.78, 5) is 4.18. The highest BCUT2D eigenvalue weighted by molar-refractivity contribution is 5.80. The van der Waals surface area contributed by atoms with Crippen LogP contribution in [-0.4, -0.2) is 9.55 Å². The topological polar surface area (TPSA) is 43.8 Å². The van der Waals surface area contributed by atoms with E-state index in [1.807, 2.05) is 24.4 Å². The van der Waals surface area contributed by atoms with Gasteiger partial charge in [-0.1, -0.05) is 0 Å². The van der Waals surface area contributed by atoms with E-state index in [2.05, 4.69) is 9.55 Å². The molecular weight excluding hydrogens is 241 g/mol. The summed E-state index contributed by atoms with van der Waals surface area (Å²) in [5.41, 5.74) is 8.62. The highest BCUT2D eigenvalue weighted by atomic mass is 19.1. The number of rotatable bonds is 3. The maximum absolute atomic E-state index is 13.1. The van der Waals surface area contributed by atoms with E-state index in [-0.39, 0.29) is 5.82 Å². The molecule has 0 atom stereocenters. The highest BCUT2D eigenvalue weighted by Crippen LogP contribution is 2.18. The van der Waals surface area contributed by atoms with Gasteiger partial charge in [0.05, 0.1) is 5.69 Å². The highest BCUT2D eigenvalue weighted by Gasteiger charge is 2.03. The molecule has 2 heterocycles. The van der Waals surface area contributed by atoms with Gasteiger partial charge in [-0.15, -0.1) is 0 Å². The van der Waals surface area contributed by atoms with Crippen molar-refractivity contribution in [3.05, 3.63) is 65.9 Å². The Morgan fingerprint density at radius 2 is 2.05 bits per heavy atom. The van der Waals surface area contributed by atoms with Crippen molar-refractivity contribution in [3.8, 4) is 0 Å². The van der Waals surface area contributed by atoms with Gasteiger partial charge in [-0.3, -0.25) is 4.98 Å². The zero-order valence-corrected chi connectivity index (χ0v) is 10.4. The molecule has 19 heavy (non-hydrogen) atoms. The van der Waals surface area contributed by atoms with Crippen LogP contribution in [0.5, 0.6) is 0 Å². The molecule has 0 saturated carbocycles. The van der Waals surface area contributed by atoms with Crippen molar-refractivity contribution in [2.45, 2.75) is 13.1 Å². The fraction of sp³-hybridized carbons (Fsp3) is 0.133. The van der Waals surface area contributed by atoms with Gasteiger partial charge < -0.3 is 10.3 Å². The Balaban J connectivity index is 1.96. The summed E-state index contributed by atoms with van der Waals surface area (Å²) in [5.74, 6) is -0.209. The molecular formula is C15H14FN3. The van der Waals surface area contributed by atoms with Gasteiger partial charge in [-0.2, -0.15) is 0 Å². The van der Waals surface area contributed by atoms with Gasteiger partial charge >= 0.3 is 0 Å². The molecule has 2 aromatic heterocycles. The number of nitrogens with zero attached hydrogens (tertiary/aromatic N) is 2. The van der Waals surface area contributed by atoms with Crippen molar-refractivity contribution < 1.29 is 4.39 Å². The molecule has 0 spiro atoms. The number of fused-ring (bicyclic) bond motifs is 1. The lowest BCUT2D eigenvalue weighted by atomic mass is 10.2. The quantitative estimate of drug-likeness (QED) is 0.782. The van der Waals surface area contributed by atoms with Gasteiger partial charge in [-0.05, 0) is 42.0 Å². The van der Waals surface area contributed by atoms with Crippen molar-refractivity contribution >= 4 is 10.9 Å². The first kappa shape index (κ1) is 11.9. The maximum atomic E-state index is 13.1. The van der Waals surface area contributed by atoms with Crippen LogP contribution in [-0.2, 0) is 13.1 Å². The Morgan fingerprint density at radius 1 is 1.16 bits per heavy atom. The molecule has 0 fully saturated rings. The summed E-state index contributed by atoms with van der Waals surface area (Å²) in [5, 5.41) is 0.910. The molecule has 0 unspecified atom stereocenters. The van der Waals surface area contributed by atoms with E-state index in [0.29, 0.717) is 6.54 Å². The van der Waals surface area contributed by atoms with Crippen LogP contribution < -0.4 is 5.73 Å². The van der Waals surface area contributed by atoms with Gasteiger partial charge in [0.2, 0.25) is 0 Å². The predicted octanol–water partition coefficient (Wildman–Crippen LogP) is 2.68. The molecule has 0 saturated heterocycles. The van der Waals surface area contributed by atoms with Crippen LogP contribution in [0.4, 0.5) is 4.39 Å². The average Bonchev–Trinajstić information content (AvgIpc) is 2.81. The summed E-state index contributed by atoms with van der Waals surface area (Å²) in [7, 11) is 0. The zero-order chi connectivity index (χ0) is 13.2. The summed E-state index contributed by atoms with van der Waals surface area (Å²) >= 11 is 0. The molecule has 0 amide bonds. The summed E-state index contributed by atoms with van der Waals surface area (Å²) < 4.78 is 15.2. The van der Waals surface area contributed by atoms with E-state index in [1.54, 1.807) is 18.3 Å². The summed E-state index contributed by atoms with van der Waals surface area (Å²) in [6.07, 6.45) is 3.73. The second kappa shape index (κ2) is 4.82. The van der Waals surface area contributed by atoms with Crippen LogP contribution in [0.1, 0.15) is 11.3 Å². The lowest BCUT2D eigenvalue weighted by molar-refractivity contribution is 0.629. The first-order valence-electron chi connectivity index (χ1n) is 6.14. The lowest BCUT2D eigenvalue weighted by Gasteiger charge is -2.07. The number of pyridine rings is 1. The molecule has 3 rings (SSSR count). The average molecular weight is 255 g/mol. The van der Waals surface area contributed by atoms with Crippen molar-refractivity contribution in [2.24, 2.45) is 5.73 Å².